The summed E-state index contributed by atoms with van der Waals surface area (Å²) in [6, 6.07) is 15.7. The Morgan fingerprint density at radius 2 is 1.40 bits per heavy atom. The normalized spacial score (nSPS) is 13.4. The minimum absolute atomic E-state index is 0.302. The molecule has 0 saturated carbocycles. The predicted molar refractivity (Wildman–Crippen MR) is 97.2 cm³/mol. The molecule has 0 bridgehead atoms. The highest BCUT2D eigenvalue weighted by Gasteiger charge is 2.44. The van der Waals surface area contributed by atoms with Crippen LogP contribution in [-0.4, -0.2) is 12.2 Å². The van der Waals surface area contributed by atoms with E-state index >= 15 is 0 Å². The number of hydrogen-bond acceptors (Lipinski definition) is 3. The van der Waals surface area contributed by atoms with Crippen molar-refractivity contribution in [3.63, 3.8) is 0 Å². The quantitative estimate of drug-likeness (QED) is 0.541. The second-order valence-corrected chi connectivity index (χ2v) is 8.45. The number of para-hydroxylation sites is 1. The van der Waals surface area contributed by atoms with E-state index in [1.807, 2.05) is 30.3 Å². The smallest absolute Gasteiger partial charge is 0.301 e. The standard InChI is InChI=1S/C19H25FNO3P/c1-14(2)23-25(22,24-15(3)4)19(17-12-8-9-13-18(17)20)21-16-10-6-5-7-11-16/h5-15,19,21H,1-4H3/p+1/t19-/m1/s1. The van der Waals surface area contributed by atoms with Crippen molar-refractivity contribution in [1.29, 1.82) is 0 Å². The molecule has 2 rings (SSSR count). The fraction of sp³-hybridized carbons (Fsp3) is 0.368. The number of benzene rings is 2. The Labute approximate surface area is 148 Å². The van der Waals surface area contributed by atoms with Crippen molar-refractivity contribution in [3.8, 4) is 0 Å². The molecular formula is C19H26FNO3P+. The molecule has 25 heavy (non-hydrogen) atoms. The van der Waals surface area contributed by atoms with Crippen LogP contribution in [0.2, 0.25) is 0 Å². The Bertz CT molecular complexity index is 708. The maximum Gasteiger partial charge on any atom is 0.393 e. The van der Waals surface area contributed by atoms with E-state index < -0.39 is 19.2 Å². The van der Waals surface area contributed by atoms with Crippen LogP contribution < -0.4 is 5.32 Å². The summed E-state index contributed by atoms with van der Waals surface area (Å²) in [4.78, 5) is 0. The van der Waals surface area contributed by atoms with Gasteiger partial charge in [0, 0.05) is 0 Å². The first kappa shape index (κ1) is 19.8. The molecule has 4 nitrogen and oxygen atoms in total. The first-order valence-corrected chi connectivity index (χ1v) is 10.0. The molecule has 0 radical (unpaired) electrons. The topological polar surface area (TPSA) is 52.1 Å². The summed E-state index contributed by atoms with van der Waals surface area (Å²) >= 11 is 0. The molecule has 0 aliphatic rings. The first-order chi connectivity index (χ1) is 11.8. The number of rotatable bonds is 8. The lowest BCUT2D eigenvalue weighted by Gasteiger charge is -2.28. The van der Waals surface area contributed by atoms with E-state index in [4.69, 9.17) is 9.05 Å². The van der Waals surface area contributed by atoms with E-state index in [-0.39, 0.29) is 12.2 Å². The van der Waals surface area contributed by atoms with Gasteiger partial charge in [-0.15, -0.1) is 0 Å². The number of hydrogen-bond donors (Lipinski definition) is 1. The first-order valence-electron chi connectivity index (χ1n) is 8.42. The molecule has 6 heteroatoms. The van der Waals surface area contributed by atoms with Crippen LogP contribution in [0.4, 0.5) is 10.1 Å². The second kappa shape index (κ2) is 8.72. The summed E-state index contributed by atoms with van der Waals surface area (Å²) in [5.74, 6) is -1.26. The molecular weight excluding hydrogens is 340 g/mol. The zero-order valence-electron chi connectivity index (χ0n) is 15.1. The molecule has 1 atom stereocenters. The van der Waals surface area contributed by atoms with Crippen molar-refractivity contribution in [2.24, 2.45) is 0 Å². The summed E-state index contributed by atoms with van der Waals surface area (Å²) in [6.45, 7) is 7.16. The fourth-order valence-corrected chi connectivity index (χ4v) is 4.95. The average Bonchev–Trinajstić information content (AvgIpc) is 2.53. The van der Waals surface area contributed by atoms with Gasteiger partial charge in [0.1, 0.15) is 11.5 Å². The third-order valence-corrected chi connectivity index (χ3v) is 5.97. The minimum atomic E-state index is -3.65. The highest BCUT2D eigenvalue weighted by molar-refractivity contribution is 7.54. The SMILES string of the molecule is CC(C)OP(=O)(OC(C)C)[C@@H]([NH2+]c1ccccc1)c1ccccc1F. The third kappa shape index (κ3) is 5.48. The molecule has 0 aliphatic carbocycles. The molecule has 0 heterocycles. The zero-order chi connectivity index (χ0) is 18.4. The van der Waals surface area contributed by atoms with Gasteiger partial charge in [0.05, 0.1) is 17.8 Å². The minimum Gasteiger partial charge on any atom is -0.301 e. The highest BCUT2D eigenvalue weighted by Crippen LogP contribution is 2.59. The maximum absolute atomic E-state index is 14.5. The molecule has 136 valence electrons. The van der Waals surface area contributed by atoms with Crippen LogP contribution >= 0.6 is 7.60 Å². The van der Waals surface area contributed by atoms with E-state index in [2.05, 4.69) is 0 Å². The van der Waals surface area contributed by atoms with Crippen LogP contribution in [0.3, 0.4) is 0 Å². The summed E-state index contributed by atoms with van der Waals surface area (Å²) < 4.78 is 39.6. The third-order valence-electron chi connectivity index (χ3n) is 3.43. The van der Waals surface area contributed by atoms with Gasteiger partial charge in [-0.25, -0.2) is 4.39 Å². The number of halogens is 1. The van der Waals surface area contributed by atoms with Gasteiger partial charge in [0.2, 0.25) is 5.78 Å². The molecule has 2 aromatic carbocycles. The van der Waals surface area contributed by atoms with E-state index in [0.29, 0.717) is 5.56 Å². The van der Waals surface area contributed by atoms with E-state index in [1.54, 1.807) is 51.2 Å². The number of quaternary nitrogens is 1. The fourth-order valence-electron chi connectivity index (χ4n) is 2.56. The van der Waals surface area contributed by atoms with Crippen molar-refractivity contribution in [2.45, 2.75) is 45.7 Å². The van der Waals surface area contributed by atoms with Gasteiger partial charge in [0.25, 0.3) is 0 Å². The molecule has 2 N–H and O–H groups in total. The molecule has 0 spiro atoms. The molecule has 0 fully saturated rings. The van der Waals surface area contributed by atoms with Gasteiger partial charge < -0.3 is 9.05 Å². The Kier molecular flexibility index (Phi) is 6.91. The molecule has 0 aromatic heterocycles. The summed E-state index contributed by atoms with van der Waals surface area (Å²) in [5.41, 5.74) is 1.13. The van der Waals surface area contributed by atoms with Gasteiger partial charge >= 0.3 is 7.60 Å². The molecule has 0 amide bonds. The van der Waals surface area contributed by atoms with Crippen LogP contribution in [0, 0.1) is 5.82 Å². The lowest BCUT2D eigenvalue weighted by molar-refractivity contribution is -0.598. The molecule has 2 aromatic rings. The van der Waals surface area contributed by atoms with Gasteiger partial charge in [-0.2, -0.15) is 0 Å². The van der Waals surface area contributed by atoms with E-state index in [9.17, 15) is 8.96 Å². The van der Waals surface area contributed by atoms with E-state index in [0.717, 1.165) is 5.69 Å². The van der Waals surface area contributed by atoms with Crippen LogP contribution in [0.5, 0.6) is 0 Å². The van der Waals surface area contributed by atoms with Gasteiger partial charge in [0.15, 0.2) is 0 Å². The van der Waals surface area contributed by atoms with Crippen molar-refractivity contribution in [1.82, 2.24) is 0 Å². The van der Waals surface area contributed by atoms with Gasteiger partial charge in [-0.3, -0.25) is 9.88 Å². The van der Waals surface area contributed by atoms with Crippen molar-refractivity contribution in [2.75, 3.05) is 0 Å². The van der Waals surface area contributed by atoms with Crippen molar-refractivity contribution in [3.05, 3.63) is 66.0 Å². The summed E-state index contributed by atoms with van der Waals surface area (Å²) in [6.07, 6.45) is -0.633. The predicted octanol–water partition coefficient (Wildman–Crippen LogP) is 4.76. The largest absolute Gasteiger partial charge is 0.393 e. The summed E-state index contributed by atoms with van der Waals surface area (Å²) in [7, 11) is -3.65. The second-order valence-electron chi connectivity index (χ2n) is 6.39. The Balaban J connectivity index is 2.51. The lowest BCUT2D eigenvalue weighted by atomic mass is 10.2. The lowest BCUT2D eigenvalue weighted by Crippen LogP contribution is -2.79. The Morgan fingerprint density at radius 3 is 1.92 bits per heavy atom. The van der Waals surface area contributed by atoms with Crippen molar-refractivity contribution >= 4 is 13.3 Å². The zero-order valence-corrected chi connectivity index (χ0v) is 15.9. The van der Waals surface area contributed by atoms with Gasteiger partial charge in [-0.1, -0.05) is 30.3 Å². The number of nitrogens with two attached hydrogens (primary N) is 1. The van der Waals surface area contributed by atoms with Crippen LogP contribution in [0.25, 0.3) is 0 Å². The monoisotopic (exact) mass is 366 g/mol. The maximum atomic E-state index is 14.5. The Hall–Kier alpha value is -1.52. The Morgan fingerprint density at radius 1 is 0.880 bits per heavy atom. The van der Waals surface area contributed by atoms with Gasteiger partial charge in [-0.05, 0) is 52.0 Å². The van der Waals surface area contributed by atoms with E-state index in [1.165, 1.54) is 6.07 Å². The summed E-state index contributed by atoms with van der Waals surface area (Å²) in [5, 5.41) is 1.75. The molecule has 0 aliphatic heterocycles. The van der Waals surface area contributed by atoms with Crippen molar-refractivity contribution < 1.29 is 23.3 Å². The van der Waals surface area contributed by atoms with Crippen LogP contribution in [0.1, 0.15) is 39.0 Å². The highest BCUT2D eigenvalue weighted by atomic mass is 31.2. The molecule has 0 saturated heterocycles. The van der Waals surface area contributed by atoms with Crippen LogP contribution in [-0.2, 0) is 13.6 Å². The van der Waals surface area contributed by atoms with Crippen LogP contribution in [0.15, 0.2) is 54.6 Å². The molecule has 0 unspecified atom stereocenters. The average molecular weight is 366 g/mol.